The number of rotatable bonds is 11. The van der Waals surface area contributed by atoms with Crippen molar-refractivity contribution in [3.05, 3.63) is 65.9 Å². The largest absolute Gasteiger partial charge is 0.497 e. The van der Waals surface area contributed by atoms with Crippen molar-refractivity contribution in [2.75, 3.05) is 45.7 Å². The number of likely N-dealkylation sites (tertiary alicyclic amines) is 1. The molecule has 1 unspecified atom stereocenters. The Labute approximate surface area is 224 Å². The Kier molecular flexibility index (Phi) is 9.17. The van der Waals surface area contributed by atoms with Crippen LogP contribution in [0.4, 0.5) is 10.1 Å². The first-order valence-corrected chi connectivity index (χ1v) is 13.4. The van der Waals surface area contributed by atoms with Crippen LogP contribution in [0.25, 0.3) is 10.9 Å². The first-order chi connectivity index (χ1) is 18.4. The van der Waals surface area contributed by atoms with E-state index >= 15 is 4.39 Å². The number of piperidine rings is 1. The van der Waals surface area contributed by atoms with E-state index in [2.05, 4.69) is 34.1 Å². The summed E-state index contributed by atoms with van der Waals surface area (Å²) in [5.41, 5.74) is 4.35. The maximum atomic E-state index is 16.1. The molecule has 1 saturated heterocycles. The molecule has 2 aromatic carbocycles. The predicted octanol–water partition coefficient (Wildman–Crippen LogP) is 5.32. The lowest BCUT2D eigenvalue weighted by molar-refractivity contribution is -0.143. The van der Waals surface area contributed by atoms with Gasteiger partial charge in [-0.15, -0.1) is 0 Å². The zero-order chi connectivity index (χ0) is 27.1. The molecule has 0 bridgehead atoms. The molecule has 0 saturated carbocycles. The highest BCUT2D eigenvalue weighted by Gasteiger charge is 2.41. The zero-order valence-electron chi connectivity index (χ0n) is 22.6. The van der Waals surface area contributed by atoms with Gasteiger partial charge in [0.2, 0.25) is 5.91 Å². The molecule has 2 N–H and O–H groups in total. The number of anilines is 1. The van der Waals surface area contributed by atoms with Crippen molar-refractivity contribution < 1.29 is 19.1 Å². The lowest BCUT2D eigenvalue weighted by atomic mass is 9.73. The van der Waals surface area contributed by atoms with Gasteiger partial charge in [0, 0.05) is 25.0 Å². The average molecular weight is 523 g/mol. The van der Waals surface area contributed by atoms with E-state index in [1.54, 1.807) is 13.3 Å². The summed E-state index contributed by atoms with van der Waals surface area (Å²) in [5, 5.41) is 10.3. The number of aromatic nitrogens is 1. The molecular formula is C30H39FN4O3. The van der Waals surface area contributed by atoms with Crippen molar-refractivity contribution >= 4 is 22.5 Å². The van der Waals surface area contributed by atoms with Gasteiger partial charge in [0.1, 0.15) is 11.9 Å². The molecule has 204 valence electrons. The van der Waals surface area contributed by atoms with Gasteiger partial charge >= 0.3 is 0 Å². The predicted molar refractivity (Wildman–Crippen MR) is 149 cm³/mol. The Balaban J connectivity index is 1.45. The van der Waals surface area contributed by atoms with Gasteiger partial charge < -0.3 is 14.5 Å². The minimum atomic E-state index is -1.31. The van der Waals surface area contributed by atoms with Gasteiger partial charge in [-0.1, -0.05) is 30.3 Å². The van der Waals surface area contributed by atoms with E-state index in [0.29, 0.717) is 47.2 Å². The van der Waals surface area contributed by atoms with Gasteiger partial charge in [-0.2, -0.15) is 0 Å². The first-order valence-electron chi connectivity index (χ1n) is 13.4. The van der Waals surface area contributed by atoms with Crippen molar-refractivity contribution in [1.29, 1.82) is 0 Å². The fourth-order valence-electron chi connectivity index (χ4n) is 5.61. The average Bonchev–Trinajstić information content (AvgIpc) is 2.95. The molecule has 2 heterocycles. The van der Waals surface area contributed by atoms with Gasteiger partial charge in [-0.3, -0.25) is 15.0 Å². The van der Waals surface area contributed by atoms with Gasteiger partial charge in [0.15, 0.2) is 0 Å². The number of hydroxylamine groups is 1. The molecule has 1 aliphatic rings. The number of aryl methyl sites for hydroxylation is 1. The van der Waals surface area contributed by atoms with Crippen LogP contribution in [-0.4, -0.2) is 61.8 Å². The fraction of sp³-hybridized carbons (Fsp3) is 0.467. The van der Waals surface area contributed by atoms with Crippen molar-refractivity contribution in [3.8, 4) is 5.75 Å². The maximum absolute atomic E-state index is 16.1. The van der Waals surface area contributed by atoms with E-state index < -0.39 is 17.5 Å². The second-order valence-corrected chi connectivity index (χ2v) is 10.5. The minimum absolute atomic E-state index is 0.165. The SMILES string of the molecule is COc1ccc2ncc(N(C)C)c(C(F)CCC3(C(=O)NO)CCN(CCCc4ccccc4)CC3)c2c1. The second kappa shape index (κ2) is 12.5. The van der Waals surface area contributed by atoms with E-state index in [-0.39, 0.29) is 6.42 Å². The number of alkyl halides is 1. The Morgan fingerprint density at radius 1 is 1.21 bits per heavy atom. The van der Waals surface area contributed by atoms with Crippen molar-refractivity contribution in [2.24, 2.45) is 5.41 Å². The molecule has 38 heavy (non-hydrogen) atoms. The van der Waals surface area contributed by atoms with Crippen LogP contribution in [0.2, 0.25) is 0 Å². The molecule has 0 radical (unpaired) electrons. The van der Waals surface area contributed by atoms with E-state index in [9.17, 15) is 10.0 Å². The topological polar surface area (TPSA) is 77.9 Å². The number of benzene rings is 2. The number of hydrogen-bond acceptors (Lipinski definition) is 6. The second-order valence-electron chi connectivity index (χ2n) is 10.5. The van der Waals surface area contributed by atoms with E-state index in [1.807, 2.05) is 48.7 Å². The summed E-state index contributed by atoms with van der Waals surface area (Å²) in [6.07, 6.45) is 4.13. The van der Waals surface area contributed by atoms with Gasteiger partial charge in [-0.05, 0) is 81.9 Å². The summed E-state index contributed by atoms with van der Waals surface area (Å²) < 4.78 is 21.5. The normalized spacial score (nSPS) is 16.2. The van der Waals surface area contributed by atoms with E-state index in [1.165, 1.54) is 5.56 Å². The number of amides is 1. The number of halogens is 1. The Hall–Kier alpha value is -3.23. The number of fused-ring (bicyclic) bond motifs is 1. The number of carbonyl (C=O) groups is 1. The summed E-state index contributed by atoms with van der Waals surface area (Å²) in [6.45, 7) is 2.45. The number of carbonyl (C=O) groups excluding carboxylic acids is 1. The summed E-state index contributed by atoms with van der Waals surface area (Å²) in [5.74, 6) is 0.224. The van der Waals surface area contributed by atoms with Gasteiger partial charge in [0.25, 0.3) is 0 Å². The highest BCUT2D eigenvalue weighted by molar-refractivity contribution is 5.88. The third-order valence-electron chi connectivity index (χ3n) is 7.95. The molecule has 3 aromatic rings. The van der Waals surface area contributed by atoms with Gasteiger partial charge in [0.05, 0.1) is 29.9 Å². The van der Waals surface area contributed by atoms with Crippen molar-refractivity contribution in [1.82, 2.24) is 15.4 Å². The molecule has 8 heteroatoms. The summed E-state index contributed by atoms with van der Waals surface area (Å²) in [6, 6.07) is 15.9. The van der Waals surface area contributed by atoms with Crippen molar-refractivity contribution in [3.63, 3.8) is 0 Å². The summed E-state index contributed by atoms with van der Waals surface area (Å²) >= 11 is 0. The number of hydrogen-bond donors (Lipinski definition) is 2. The van der Waals surface area contributed by atoms with Crippen LogP contribution in [0, 0.1) is 5.41 Å². The molecule has 1 amide bonds. The first kappa shape index (κ1) is 27.8. The number of nitrogens with zero attached hydrogens (tertiary/aromatic N) is 3. The standard InChI is InChI=1S/C30H39FN4O3/c1-34(2)27-21-32-26-12-11-23(38-3)20-24(26)28(27)25(31)13-14-30(29(36)33-37)15-18-35(19-16-30)17-7-10-22-8-5-4-6-9-22/h4-6,8-9,11-12,20-21,25,37H,7,10,13-19H2,1-3H3,(H,33,36). The zero-order valence-corrected chi connectivity index (χ0v) is 22.6. The van der Waals surface area contributed by atoms with Crippen LogP contribution in [0.1, 0.15) is 49.4 Å². The van der Waals surface area contributed by atoms with Gasteiger partial charge in [-0.25, -0.2) is 9.87 Å². The van der Waals surface area contributed by atoms with E-state index in [0.717, 1.165) is 32.5 Å². The van der Waals surface area contributed by atoms with Crippen LogP contribution < -0.4 is 15.1 Å². The molecule has 7 nitrogen and oxygen atoms in total. The molecule has 1 aromatic heterocycles. The fourth-order valence-corrected chi connectivity index (χ4v) is 5.61. The van der Waals surface area contributed by atoms with E-state index in [4.69, 9.17) is 4.74 Å². The lowest BCUT2D eigenvalue weighted by Crippen LogP contribution is -2.48. The van der Waals surface area contributed by atoms with Crippen LogP contribution in [-0.2, 0) is 11.2 Å². The number of ether oxygens (including phenoxy) is 1. The number of methoxy groups -OCH3 is 1. The quantitative estimate of drug-likeness (QED) is 0.262. The Morgan fingerprint density at radius 3 is 2.61 bits per heavy atom. The number of pyridine rings is 1. The molecular weight excluding hydrogens is 483 g/mol. The summed E-state index contributed by atoms with van der Waals surface area (Å²) in [4.78, 5) is 21.6. The molecule has 0 aliphatic carbocycles. The Bertz CT molecular complexity index is 1210. The van der Waals surface area contributed by atoms with Crippen LogP contribution >= 0.6 is 0 Å². The smallest absolute Gasteiger partial charge is 0.249 e. The van der Waals surface area contributed by atoms with Crippen LogP contribution in [0.3, 0.4) is 0 Å². The summed E-state index contributed by atoms with van der Waals surface area (Å²) in [7, 11) is 5.32. The Morgan fingerprint density at radius 2 is 1.95 bits per heavy atom. The van der Waals surface area contributed by atoms with Crippen LogP contribution in [0.15, 0.2) is 54.7 Å². The molecule has 1 fully saturated rings. The third-order valence-corrected chi connectivity index (χ3v) is 7.95. The molecule has 0 spiro atoms. The lowest BCUT2D eigenvalue weighted by Gasteiger charge is -2.40. The van der Waals surface area contributed by atoms with Crippen LogP contribution in [0.5, 0.6) is 5.75 Å². The maximum Gasteiger partial charge on any atom is 0.249 e. The number of nitrogens with one attached hydrogen (secondary N) is 1. The molecule has 4 rings (SSSR count). The molecule has 1 atom stereocenters. The highest BCUT2D eigenvalue weighted by atomic mass is 19.1. The third kappa shape index (κ3) is 6.25. The minimum Gasteiger partial charge on any atom is -0.497 e. The molecule has 1 aliphatic heterocycles. The monoisotopic (exact) mass is 522 g/mol. The van der Waals surface area contributed by atoms with Crippen molar-refractivity contribution in [2.45, 2.75) is 44.7 Å². The highest BCUT2D eigenvalue weighted by Crippen LogP contribution is 2.43.